The second kappa shape index (κ2) is 10.7. The highest BCUT2D eigenvalue weighted by Gasteiger charge is 2.36. The van der Waals surface area contributed by atoms with E-state index in [0.29, 0.717) is 22.0 Å². The minimum Gasteiger partial charge on any atom is -0.454 e. The second-order valence-corrected chi connectivity index (χ2v) is 8.70. The van der Waals surface area contributed by atoms with E-state index in [1.807, 2.05) is 0 Å². The van der Waals surface area contributed by atoms with Gasteiger partial charge in [0.25, 0.3) is 0 Å². The molecule has 0 radical (unpaired) electrons. The molecule has 0 aromatic heterocycles. The summed E-state index contributed by atoms with van der Waals surface area (Å²) in [7, 11) is 0. The van der Waals surface area contributed by atoms with Crippen molar-refractivity contribution in [2.45, 2.75) is 6.42 Å². The molecule has 0 bridgehead atoms. The van der Waals surface area contributed by atoms with Gasteiger partial charge >= 0.3 is 5.97 Å². The second-order valence-electron chi connectivity index (χ2n) is 7.91. The number of ether oxygens (including phenoxy) is 1. The Hall–Kier alpha value is -3.68. The van der Waals surface area contributed by atoms with Gasteiger partial charge in [0.15, 0.2) is 12.4 Å². The Morgan fingerprint density at radius 3 is 2.34 bits per heavy atom. The first kappa shape index (κ1) is 24.4. The lowest BCUT2D eigenvalue weighted by molar-refractivity contribution is -0.122. The zero-order valence-electron chi connectivity index (χ0n) is 18.4. The molecule has 1 atom stereocenters. The summed E-state index contributed by atoms with van der Waals surface area (Å²) in [5, 5.41) is 3.34. The van der Waals surface area contributed by atoms with Crippen molar-refractivity contribution < 1.29 is 23.9 Å². The average molecular weight is 511 g/mol. The molecule has 7 nitrogen and oxygen atoms in total. The number of nitrogens with one attached hydrogen (secondary N) is 1. The van der Waals surface area contributed by atoms with Gasteiger partial charge in [-0.15, -0.1) is 0 Å². The highest BCUT2D eigenvalue weighted by molar-refractivity contribution is 6.44. The zero-order valence-corrected chi connectivity index (χ0v) is 19.9. The molecule has 0 saturated carbocycles. The maximum Gasteiger partial charge on any atom is 0.338 e. The van der Waals surface area contributed by atoms with Gasteiger partial charge in [-0.25, -0.2) is 4.79 Å². The van der Waals surface area contributed by atoms with Crippen molar-refractivity contribution >= 4 is 58.1 Å². The molecule has 178 valence electrons. The quantitative estimate of drug-likeness (QED) is 0.355. The normalized spacial score (nSPS) is 15.1. The van der Waals surface area contributed by atoms with Crippen LogP contribution in [0.3, 0.4) is 0 Å². The number of Topliss-reactive ketones (excluding diaryl/α,β-unsaturated/α-hetero) is 1. The fraction of sp³-hybridized carbons (Fsp3) is 0.154. The Bertz CT molecular complexity index is 1280. The van der Waals surface area contributed by atoms with Gasteiger partial charge in [-0.2, -0.15) is 0 Å². The molecule has 9 heteroatoms. The first-order valence-corrected chi connectivity index (χ1v) is 11.5. The van der Waals surface area contributed by atoms with Gasteiger partial charge in [0.1, 0.15) is 0 Å². The molecule has 3 aromatic carbocycles. The smallest absolute Gasteiger partial charge is 0.338 e. The summed E-state index contributed by atoms with van der Waals surface area (Å²) in [5.74, 6) is -2.09. The number of hydrogen-bond donors (Lipinski definition) is 1. The van der Waals surface area contributed by atoms with Crippen LogP contribution >= 0.6 is 23.2 Å². The molecule has 0 unspecified atom stereocenters. The third-order valence-electron chi connectivity index (χ3n) is 5.54. The Morgan fingerprint density at radius 1 is 0.914 bits per heavy atom. The summed E-state index contributed by atoms with van der Waals surface area (Å²) >= 11 is 12.3. The molecule has 0 aliphatic carbocycles. The number of carbonyl (C=O) groups is 4. The molecule has 1 N–H and O–H groups in total. The molecule has 2 amide bonds. The van der Waals surface area contributed by atoms with E-state index >= 15 is 0 Å². The minimum absolute atomic E-state index is 0.0362. The Labute approximate surface area is 211 Å². The minimum atomic E-state index is -0.650. The van der Waals surface area contributed by atoms with Gasteiger partial charge in [0.05, 0.1) is 27.2 Å². The monoisotopic (exact) mass is 510 g/mol. The maximum atomic E-state index is 12.7. The Kier molecular flexibility index (Phi) is 7.48. The van der Waals surface area contributed by atoms with Crippen molar-refractivity contribution in [2.24, 2.45) is 5.92 Å². The standard InChI is InChI=1S/C26H20Cl2N2O5/c27-20-7-4-8-21(24(20)28)30-14-18(13-23(30)32)25(33)29-19-11-9-17(10-12-19)26(34)35-15-22(31)16-5-2-1-3-6-16/h1-12,18H,13-15H2,(H,29,33)/t18-/m1/s1. The molecule has 3 aromatic rings. The van der Waals surface area contributed by atoms with E-state index in [9.17, 15) is 19.2 Å². The van der Waals surface area contributed by atoms with Gasteiger partial charge in [-0.3, -0.25) is 14.4 Å². The lowest BCUT2D eigenvalue weighted by atomic mass is 10.1. The van der Waals surface area contributed by atoms with Crippen molar-refractivity contribution in [3.05, 3.63) is 94.0 Å². The first-order chi connectivity index (χ1) is 16.8. The zero-order chi connectivity index (χ0) is 24.9. The lowest BCUT2D eigenvalue weighted by Gasteiger charge is -2.18. The molecule has 35 heavy (non-hydrogen) atoms. The number of hydrogen-bond acceptors (Lipinski definition) is 5. The van der Waals surface area contributed by atoms with Crippen LogP contribution in [0.4, 0.5) is 11.4 Å². The molecule has 1 aliphatic rings. The third kappa shape index (κ3) is 5.70. The predicted octanol–water partition coefficient (Wildman–Crippen LogP) is 5.02. The van der Waals surface area contributed by atoms with Crippen molar-refractivity contribution in [1.82, 2.24) is 0 Å². The van der Waals surface area contributed by atoms with E-state index in [1.165, 1.54) is 17.0 Å². The molecular weight excluding hydrogens is 491 g/mol. The van der Waals surface area contributed by atoms with Gasteiger partial charge in [0.2, 0.25) is 11.8 Å². The fourth-order valence-corrected chi connectivity index (χ4v) is 4.07. The van der Waals surface area contributed by atoms with Crippen LogP contribution in [-0.4, -0.2) is 36.7 Å². The first-order valence-electron chi connectivity index (χ1n) is 10.7. The number of esters is 1. The number of anilines is 2. The molecule has 4 rings (SSSR count). The van der Waals surface area contributed by atoms with Crippen LogP contribution in [0.2, 0.25) is 10.0 Å². The summed E-state index contributed by atoms with van der Waals surface area (Å²) in [6.45, 7) is -0.200. The van der Waals surface area contributed by atoms with Crippen molar-refractivity contribution in [2.75, 3.05) is 23.4 Å². The van der Waals surface area contributed by atoms with Gasteiger partial charge in [-0.05, 0) is 36.4 Å². The van der Waals surface area contributed by atoms with E-state index in [0.717, 1.165) is 0 Å². The number of carbonyl (C=O) groups excluding carboxylic acids is 4. The SMILES string of the molecule is O=C(COC(=O)c1ccc(NC(=O)[C@@H]2CC(=O)N(c3cccc(Cl)c3Cl)C2)cc1)c1ccccc1. The number of halogens is 2. The molecule has 1 saturated heterocycles. The number of benzene rings is 3. The Morgan fingerprint density at radius 2 is 1.63 bits per heavy atom. The number of ketones is 1. The summed E-state index contributed by atoms with van der Waals surface area (Å²) in [6.07, 6.45) is 0.0362. The van der Waals surface area contributed by atoms with Crippen LogP contribution in [0.1, 0.15) is 27.1 Å². The van der Waals surface area contributed by atoms with E-state index in [1.54, 1.807) is 60.7 Å². The highest BCUT2D eigenvalue weighted by atomic mass is 35.5. The summed E-state index contributed by atoms with van der Waals surface area (Å²) in [5.41, 5.74) is 1.62. The number of amides is 2. The van der Waals surface area contributed by atoms with E-state index < -0.39 is 11.9 Å². The molecule has 0 spiro atoms. The van der Waals surface area contributed by atoms with Crippen molar-refractivity contribution in [1.29, 1.82) is 0 Å². The summed E-state index contributed by atoms with van der Waals surface area (Å²) in [6, 6.07) is 19.6. The summed E-state index contributed by atoms with van der Waals surface area (Å²) in [4.78, 5) is 51.0. The van der Waals surface area contributed by atoms with E-state index in [2.05, 4.69) is 5.32 Å². The molecular formula is C26H20Cl2N2O5. The highest BCUT2D eigenvalue weighted by Crippen LogP contribution is 2.35. The maximum absolute atomic E-state index is 12.7. The van der Waals surface area contributed by atoms with E-state index in [4.69, 9.17) is 27.9 Å². The van der Waals surface area contributed by atoms with Crippen LogP contribution in [0.25, 0.3) is 0 Å². The molecule has 1 fully saturated rings. The van der Waals surface area contributed by atoms with Gasteiger partial charge in [0, 0.05) is 24.2 Å². The van der Waals surface area contributed by atoms with E-state index in [-0.39, 0.29) is 47.8 Å². The van der Waals surface area contributed by atoms with Gasteiger partial charge in [-0.1, -0.05) is 59.6 Å². The predicted molar refractivity (Wildman–Crippen MR) is 133 cm³/mol. The van der Waals surface area contributed by atoms with Crippen LogP contribution in [0.5, 0.6) is 0 Å². The van der Waals surface area contributed by atoms with Crippen LogP contribution in [0, 0.1) is 5.92 Å². The topological polar surface area (TPSA) is 92.8 Å². The van der Waals surface area contributed by atoms with Gasteiger partial charge < -0.3 is 15.0 Å². The molecule has 1 heterocycles. The number of nitrogens with zero attached hydrogens (tertiary/aromatic N) is 1. The van der Waals surface area contributed by atoms with Crippen molar-refractivity contribution in [3.8, 4) is 0 Å². The lowest BCUT2D eigenvalue weighted by Crippen LogP contribution is -2.28. The number of rotatable bonds is 7. The largest absolute Gasteiger partial charge is 0.454 e. The van der Waals surface area contributed by atoms with Crippen LogP contribution < -0.4 is 10.2 Å². The fourth-order valence-electron chi connectivity index (χ4n) is 3.67. The average Bonchev–Trinajstić information content (AvgIpc) is 3.26. The van der Waals surface area contributed by atoms with Crippen LogP contribution in [-0.2, 0) is 14.3 Å². The van der Waals surface area contributed by atoms with Crippen molar-refractivity contribution in [3.63, 3.8) is 0 Å². The third-order valence-corrected chi connectivity index (χ3v) is 6.35. The summed E-state index contributed by atoms with van der Waals surface area (Å²) < 4.78 is 5.09. The van der Waals surface area contributed by atoms with Crippen LogP contribution in [0.15, 0.2) is 72.8 Å². The Balaban J connectivity index is 1.32. The molecule has 1 aliphatic heterocycles.